The molecule has 1 aliphatic carbocycles. The summed E-state index contributed by atoms with van der Waals surface area (Å²) in [5, 5.41) is 5.00. The topological polar surface area (TPSA) is 63.4 Å². The van der Waals surface area contributed by atoms with Gasteiger partial charge in [-0.3, -0.25) is 14.5 Å². The number of Topliss-reactive ketones (excluding diaryl/α,β-unsaturated/α-hetero) is 2. The normalized spacial score (nSPS) is 19.5. The number of nitrogens with zero attached hydrogens (tertiary/aromatic N) is 2. The van der Waals surface area contributed by atoms with Crippen LogP contribution in [0.15, 0.2) is 52.6 Å². The highest BCUT2D eigenvalue weighted by atomic mass is 19.1. The molecule has 0 amide bonds. The third-order valence-corrected chi connectivity index (χ3v) is 5.18. The van der Waals surface area contributed by atoms with Gasteiger partial charge in [-0.25, -0.2) is 4.39 Å². The van der Waals surface area contributed by atoms with Gasteiger partial charge >= 0.3 is 0 Å². The molecule has 2 aromatic rings. The average molecular weight is 379 g/mol. The number of piperidine rings is 1. The summed E-state index contributed by atoms with van der Waals surface area (Å²) in [4.78, 5) is 25.7. The number of hydrogen-bond acceptors (Lipinski definition) is 5. The van der Waals surface area contributed by atoms with Crippen molar-refractivity contribution in [2.24, 2.45) is 0 Å². The summed E-state index contributed by atoms with van der Waals surface area (Å²) < 4.78 is 18.8. The van der Waals surface area contributed by atoms with Crippen molar-refractivity contribution in [1.29, 1.82) is 0 Å². The molecule has 2 aliphatic rings. The van der Waals surface area contributed by atoms with Gasteiger partial charge in [-0.05, 0) is 50.6 Å². The molecule has 1 fully saturated rings. The number of ketones is 2. The molecule has 0 bridgehead atoms. The van der Waals surface area contributed by atoms with Crippen molar-refractivity contribution in [1.82, 2.24) is 10.1 Å². The molecule has 0 N–H and O–H groups in total. The standard InChI is InChI=1S/C22H20FN2O3/c23-16-10-11-17-20(14-16)28-24-21(17)18(25-12-2-1-3-13-25)8-4-6-15-7-5-9-19(26)22(15)27/h4-5,7-8,10-11,14,18H,1-3,6,12-13H2. The molecule has 1 aliphatic heterocycles. The Labute approximate surface area is 162 Å². The van der Waals surface area contributed by atoms with Gasteiger partial charge in [0.1, 0.15) is 11.5 Å². The van der Waals surface area contributed by atoms with Crippen LogP contribution in [0.2, 0.25) is 0 Å². The summed E-state index contributed by atoms with van der Waals surface area (Å²) in [6.07, 6.45) is 13.1. The Morgan fingerprint density at radius 2 is 2.07 bits per heavy atom. The lowest BCUT2D eigenvalue weighted by Gasteiger charge is -2.31. The minimum absolute atomic E-state index is 0.135. The molecule has 4 rings (SSSR count). The number of likely N-dealkylation sites (tertiary alicyclic amines) is 1. The Kier molecular flexibility index (Phi) is 5.30. The number of hydrogen-bond donors (Lipinski definition) is 0. The fourth-order valence-electron chi connectivity index (χ4n) is 3.72. The first-order valence-electron chi connectivity index (χ1n) is 9.46. The van der Waals surface area contributed by atoms with Gasteiger partial charge in [0.25, 0.3) is 0 Å². The van der Waals surface area contributed by atoms with E-state index in [1.807, 2.05) is 12.2 Å². The van der Waals surface area contributed by atoms with Crippen LogP contribution in [0.25, 0.3) is 11.0 Å². The van der Waals surface area contributed by atoms with Gasteiger partial charge in [-0.15, -0.1) is 0 Å². The second-order valence-corrected chi connectivity index (χ2v) is 7.04. The van der Waals surface area contributed by atoms with Crippen molar-refractivity contribution in [3.8, 4) is 0 Å². The van der Waals surface area contributed by atoms with E-state index in [1.165, 1.54) is 24.6 Å². The first-order chi connectivity index (χ1) is 13.6. The lowest BCUT2D eigenvalue weighted by atomic mass is 9.98. The van der Waals surface area contributed by atoms with Crippen molar-refractivity contribution in [2.45, 2.75) is 31.7 Å². The van der Waals surface area contributed by atoms with Gasteiger partial charge < -0.3 is 4.52 Å². The molecule has 143 valence electrons. The summed E-state index contributed by atoms with van der Waals surface area (Å²) in [7, 11) is 0. The minimum Gasteiger partial charge on any atom is -0.356 e. The van der Waals surface area contributed by atoms with Crippen LogP contribution in [0.4, 0.5) is 4.39 Å². The molecule has 28 heavy (non-hydrogen) atoms. The molecule has 1 atom stereocenters. The van der Waals surface area contributed by atoms with Crippen LogP contribution in [0, 0.1) is 11.9 Å². The summed E-state index contributed by atoms with van der Waals surface area (Å²) >= 11 is 0. The minimum atomic E-state index is -0.608. The number of allylic oxidation sites excluding steroid dienone is 5. The lowest BCUT2D eigenvalue weighted by Crippen LogP contribution is -2.33. The first-order valence-corrected chi connectivity index (χ1v) is 9.46. The Bertz CT molecular complexity index is 996. The van der Waals surface area contributed by atoms with E-state index in [0.29, 0.717) is 17.6 Å². The summed E-state index contributed by atoms with van der Waals surface area (Å²) in [5.74, 6) is -1.48. The Morgan fingerprint density at radius 1 is 1.25 bits per heavy atom. The van der Waals surface area contributed by atoms with Crippen molar-refractivity contribution in [3.05, 3.63) is 65.7 Å². The fraction of sp³-hybridized carbons (Fsp3) is 0.318. The number of rotatable bonds is 5. The highest BCUT2D eigenvalue weighted by molar-refractivity contribution is 6.46. The van der Waals surface area contributed by atoms with Crippen molar-refractivity contribution in [3.63, 3.8) is 0 Å². The molecule has 2 heterocycles. The number of carbonyl (C=O) groups is 2. The van der Waals surface area contributed by atoms with E-state index in [1.54, 1.807) is 12.1 Å². The molecular weight excluding hydrogens is 359 g/mol. The summed E-state index contributed by atoms with van der Waals surface area (Å²) in [6.45, 7) is 1.87. The molecule has 1 aromatic carbocycles. The van der Waals surface area contributed by atoms with Crippen molar-refractivity contribution < 1.29 is 18.5 Å². The van der Waals surface area contributed by atoms with Crippen LogP contribution in [-0.2, 0) is 9.59 Å². The largest absolute Gasteiger partial charge is 0.356 e. The maximum Gasteiger partial charge on any atom is 0.233 e. The van der Waals surface area contributed by atoms with E-state index < -0.39 is 11.6 Å². The molecule has 1 saturated heterocycles. The van der Waals surface area contributed by atoms with Gasteiger partial charge in [0.2, 0.25) is 11.6 Å². The van der Waals surface area contributed by atoms with E-state index in [9.17, 15) is 14.0 Å². The van der Waals surface area contributed by atoms with E-state index in [4.69, 9.17) is 4.52 Å². The third-order valence-electron chi connectivity index (χ3n) is 5.18. The van der Waals surface area contributed by atoms with Crippen LogP contribution in [0.5, 0.6) is 0 Å². The van der Waals surface area contributed by atoms with Crippen LogP contribution in [0.3, 0.4) is 0 Å². The zero-order valence-electron chi connectivity index (χ0n) is 15.4. The molecule has 0 spiro atoms. The van der Waals surface area contributed by atoms with Crippen LogP contribution in [-0.4, -0.2) is 34.7 Å². The highest BCUT2D eigenvalue weighted by Crippen LogP contribution is 2.31. The fourth-order valence-corrected chi connectivity index (χ4v) is 3.72. The molecule has 5 nitrogen and oxygen atoms in total. The Morgan fingerprint density at radius 3 is 2.89 bits per heavy atom. The maximum atomic E-state index is 13.5. The van der Waals surface area contributed by atoms with E-state index in [0.717, 1.165) is 37.0 Å². The average Bonchev–Trinajstić information content (AvgIpc) is 3.11. The van der Waals surface area contributed by atoms with E-state index in [-0.39, 0.29) is 11.9 Å². The lowest BCUT2D eigenvalue weighted by molar-refractivity contribution is -0.132. The Balaban J connectivity index is 1.62. The second kappa shape index (κ2) is 8.02. The van der Waals surface area contributed by atoms with Crippen molar-refractivity contribution >= 4 is 22.5 Å². The highest BCUT2D eigenvalue weighted by Gasteiger charge is 2.25. The quantitative estimate of drug-likeness (QED) is 0.448. The molecule has 6 heteroatoms. The van der Waals surface area contributed by atoms with Crippen LogP contribution >= 0.6 is 0 Å². The Hall–Kier alpha value is -2.86. The predicted octanol–water partition coefficient (Wildman–Crippen LogP) is 3.88. The van der Waals surface area contributed by atoms with Gasteiger partial charge in [-0.2, -0.15) is 0 Å². The number of aromatic nitrogens is 1. The molecule has 1 radical (unpaired) electrons. The smallest absolute Gasteiger partial charge is 0.233 e. The monoisotopic (exact) mass is 379 g/mol. The second-order valence-electron chi connectivity index (χ2n) is 7.04. The number of halogens is 1. The van der Waals surface area contributed by atoms with Gasteiger partial charge in [0.05, 0.1) is 6.04 Å². The zero-order chi connectivity index (χ0) is 19.5. The summed E-state index contributed by atoms with van der Waals surface area (Å²) in [5.41, 5.74) is 1.60. The molecule has 1 unspecified atom stereocenters. The summed E-state index contributed by atoms with van der Waals surface area (Å²) in [6, 6.07) is 4.29. The van der Waals surface area contributed by atoms with Gasteiger partial charge in [0.15, 0.2) is 5.58 Å². The molecular formula is C22H20FN2O3. The zero-order valence-corrected chi connectivity index (χ0v) is 15.4. The van der Waals surface area contributed by atoms with Crippen LogP contribution < -0.4 is 0 Å². The van der Waals surface area contributed by atoms with E-state index >= 15 is 0 Å². The number of carbonyl (C=O) groups excluding carboxylic acids is 2. The van der Waals surface area contributed by atoms with Crippen LogP contribution in [0.1, 0.15) is 37.4 Å². The van der Waals surface area contributed by atoms with E-state index in [2.05, 4.69) is 16.1 Å². The maximum absolute atomic E-state index is 13.5. The number of benzene rings is 1. The predicted molar refractivity (Wildman–Crippen MR) is 102 cm³/mol. The molecule has 1 aromatic heterocycles. The molecule has 0 saturated carbocycles. The van der Waals surface area contributed by atoms with Crippen molar-refractivity contribution in [2.75, 3.05) is 13.1 Å². The third kappa shape index (κ3) is 3.73. The van der Waals surface area contributed by atoms with Gasteiger partial charge in [0, 0.05) is 23.1 Å². The number of fused-ring (bicyclic) bond motifs is 1. The first kappa shape index (κ1) is 18.5. The SMILES string of the molecule is O=C1[C]=CC=C(CC=CC(c2noc3cc(F)ccc23)N2CCCCC2)C1=O. The van der Waals surface area contributed by atoms with Gasteiger partial charge in [-0.1, -0.05) is 29.8 Å².